The predicted octanol–water partition coefficient (Wildman–Crippen LogP) is 5.86. The number of sulfonamides is 1. The third kappa shape index (κ3) is 6.19. The smallest absolute Gasteiger partial charge is 0.341 e. The summed E-state index contributed by atoms with van der Waals surface area (Å²) in [6, 6.07) is 11.1. The summed E-state index contributed by atoms with van der Waals surface area (Å²) in [6.07, 6.45) is -5.07. The standard InChI is InChI=1S/C25H21ClF4N4O5S2/c26-18-7-6-16(11-17(18)25(28,29)30)40(36,37)33-21(24-31-19-8-5-15(27)10-20(19)32-24)9-13-1-3-14(4-2-13)22-12-23(35)34-41(22,38)39/h1-8,10-11,21-22,33,38-39H,9,12H2,(H,31,32)(H,34,35)/t21-,22?/m0/s1. The van der Waals surface area contributed by atoms with Crippen molar-refractivity contribution in [2.24, 2.45) is 0 Å². The van der Waals surface area contributed by atoms with Crippen molar-refractivity contribution in [2.45, 2.75) is 35.2 Å². The summed E-state index contributed by atoms with van der Waals surface area (Å²) in [6.45, 7) is 0. The number of hydrogen-bond acceptors (Lipinski definition) is 6. The van der Waals surface area contributed by atoms with E-state index in [1.165, 1.54) is 12.1 Å². The van der Waals surface area contributed by atoms with Crippen LogP contribution < -0.4 is 9.44 Å². The van der Waals surface area contributed by atoms with Gasteiger partial charge in [0.2, 0.25) is 15.9 Å². The Morgan fingerprint density at radius 2 is 1.80 bits per heavy atom. The fourth-order valence-electron chi connectivity index (χ4n) is 4.48. The molecule has 0 bridgehead atoms. The van der Waals surface area contributed by atoms with Crippen LogP contribution in [0.3, 0.4) is 0 Å². The molecule has 1 saturated heterocycles. The van der Waals surface area contributed by atoms with Crippen molar-refractivity contribution in [3.05, 3.63) is 94.0 Å². The molecule has 1 aliphatic heterocycles. The molecule has 2 atom stereocenters. The molecule has 0 saturated carbocycles. The number of amides is 1. The van der Waals surface area contributed by atoms with E-state index in [4.69, 9.17) is 11.6 Å². The van der Waals surface area contributed by atoms with Gasteiger partial charge in [0.1, 0.15) is 16.9 Å². The van der Waals surface area contributed by atoms with Gasteiger partial charge < -0.3 is 4.98 Å². The van der Waals surface area contributed by atoms with Crippen molar-refractivity contribution in [3.63, 3.8) is 0 Å². The normalized spacial score (nSPS) is 18.8. The first-order valence-electron chi connectivity index (χ1n) is 11.8. The zero-order chi connectivity index (χ0) is 29.7. The minimum Gasteiger partial charge on any atom is -0.341 e. The molecule has 0 spiro atoms. The molecule has 0 radical (unpaired) electrons. The van der Waals surface area contributed by atoms with Crippen LogP contribution in [-0.4, -0.2) is 33.4 Å². The first-order valence-corrected chi connectivity index (χ1v) is 15.3. The Hall–Kier alpha value is -3.21. The second-order valence-electron chi connectivity index (χ2n) is 9.35. The minimum absolute atomic E-state index is 0.0559. The number of aromatic amines is 1. The number of H-pyrrole nitrogens is 1. The topological polar surface area (TPSA) is 144 Å². The average molecular weight is 633 g/mol. The van der Waals surface area contributed by atoms with Gasteiger partial charge in [-0.3, -0.25) is 18.6 Å². The first kappa shape index (κ1) is 29.3. The minimum atomic E-state index is -4.89. The molecule has 41 heavy (non-hydrogen) atoms. The Morgan fingerprint density at radius 3 is 2.44 bits per heavy atom. The van der Waals surface area contributed by atoms with Crippen molar-refractivity contribution in [1.82, 2.24) is 19.4 Å². The van der Waals surface area contributed by atoms with Crippen LogP contribution in [0.4, 0.5) is 17.6 Å². The molecule has 5 N–H and O–H groups in total. The number of halogens is 5. The van der Waals surface area contributed by atoms with Gasteiger partial charge in [-0.15, -0.1) is 10.8 Å². The van der Waals surface area contributed by atoms with Crippen LogP contribution in [0.5, 0.6) is 0 Å². The van der Waals surface area contributed by atoms with E-state index in [1.54, 1.807) is 24.3 Å². The summed E-state index contributed by atoms with van der Waals surface area (Å²) >= 11 is 5.65. The van der Waals surface area contributed by atoms with Gasteiger partial charge in [-0.25, -0.2) is 22.5 Å². The number of nitrogens with one attached hydrogen (secondary N) is 3. The third-order valence-electron chi connectivity index (χ3n) is 6.47. The van der Waals surface area contributed by atoms with Crippen molar-refractivity contribution in [1.29, 1.82) is 0 Å². The number of alkyl halides is 3. The monoisotopic (exact) mass is 632 g/mol. The quantitative estimate of drug-likeness (QED) is 0.161. The number of imidazole rings is 1. The molecule has 1 amide bonds. The van der Waals surface area contributed by atoms with Crippen LogP contribution in [0.1, 0.15) is 40.2 Å². The predicted molar refractivity (Wildman–Crippen MR) is 144 cm³/mol. The first-order chi connectivity index (χ1) is 19.1. The van der Waals surface area contributed by atoms with Gasteiger partial charge in [-0.1, -0.05) is 35.9 Å². The van der Waals surface area contributed by atoms with Gasteiger partial charge in [-0.05, 0) is 53.9 Å². The molecule has 3 aromatic carbocycles. The van der Waals surface area contributed by atoms with Crippen LogP contribution in [-0.2, 0) is 27.4 Å². The lowest BCUT2D eigenvalue weighted by Gasteiger charge is -2.32. The molecule has 1 fully saturated rings. The maximum Gasteiger partial charge on any atom is 0.417 e. The molecule has 1 aliphatic rings. The van der Waals surface area contributed by atoms with E-state index < -0.39 is 65.5 Å². The van der Waals surface area contributed by atoms with Gasteiger partial charge in [0.15, 0.2) is 0 Å². The van der Waals surface area contributed by atoms with E-state index in [0.717, 1.165) is 18.2 Å². The molecule has 4 aromatic rings. The molecular weight excluding hydrogens is 612 g/mol. The van der Waals surface area contributed by atoms with Gasteiger partial charge in [0.25, 0.3) is 0 Å². The van der Waals surface area contributed by atoms with Gasteiger partial charge in [-0.2, -0.15) is 13.2 Å². The molecule has 1 aromatic heterocycles. The van der Waals surface area contributed by atoms with E-state index in [1.807, 2.05) is 0 Å². The molecule has 218 valence electrons. The molecule has 9 nitrogen and oxygen atoms in total. The van der Waals surface area contributed by atoms with E-state index in [-0.39, 0.29) is 24.2 Å². The second kappa shape index (κ2) is 10.6. The second-order valence-corrected chi connectivity index (χ2v) is 13.4. The summed E-state index contributed by atoms with van der Waals surface area (Å²) in [5, 5.41) is -1.53. The summed E-state index contributed by atoms with van der Waals surface area (Å²) in [5.74, 6) is -0.999. The highest BCUT2D eigenvalue weighted by molar-refractivity contribution is 8.23. The number of carbonyl (C=O) groups excluding carboxylic acids is 1. The molecule has 2 heterocycles. The fraction of sp³-hybridized carbons (Fsp3) is 0.200. The van der Waals surface area contributed by atoms with Gasteiger partial charge in [0, 0.05) is 0 Å². The van der Waals surface area contributed by atoms with Crippen molar-refractivity contribution < 1.29 is 39.9 Å². The lowest BCUT2D eigenvalue weighted by Crippen LogP contribution is -2.31. The van der Waals surface area contributed by atoms with Crippen LogP contribution in [0.2, 0.25) is 5.02 Å². The van der Waals surface area contributed by atoms with Gasteiger partial charge >= 0.3 is 6.18 Å². The Morgan fingerprint density at radius 1 is 1.10 bits per heavy atom. The molecular formula is C25H21ClF4N4O5S2. The van der Waals surface area contributed by atoms with E-state index in [0.29, 0.717) is 22.7 Å². The Kier molecular flexibility index (Phi) is 7.55. The molecule has 5 rings (SSSR count). The largest absolute Gasteiger partial charge is 0.417 e. The number of fused-ring (bicyclic) bond motifs is 1. The highest BCUT2D eigenvalue weighted by Gasteiger charge is 2.38. The van der Waals surface area contributed by atoms with Crippen molar-refractivity contribution >= 4 is 49.3 Å². The Balaban J connectivity index is 1.49. The molecule has 1 unspecified atom stereocenters. The van der Waals surface area contributed by atoms with Crippen LogP contribution in [0.15, 0.2) is 65.6 Å². The van der Waals surface area contributed by atoms with E-state index in [2.05, 4.69) is 19.4 Å². The van der Waals surface area contributed by atoms with E-state index in [9.17, 15) is 39.9 Å². The summed E-state index contributed by atoms with van der Waals surface area (Å²) in [4.78, 5) is 18.2. The highest BCUT2D eigenvalue weighted by atomic mass is 35.5. The number of carbonyl (C=O) groups is 1. The highest BCUT2D eigenvalue weighted by Crippen LogP contribution is 2.56. The SMILES string of the molecule is O=C1CC(c2ccc(C[C@H](NS(=O)(=O)c3ccc(Cl)c(C(F)(F)F)c3)c3nc4ccc(F)cc4[nH]3)cc2)S(O)(O)N1. The number of nitrogens with zero attached hydrogens (tertiary/aromatic N) is 1. The summed E-state index contributed by atoms with van der Waals surface area (Å²) < 4.78 is 105. The average Bonchev–Trinajstić information content (AvgIpc) is 3.42. The maximum absolute atomic E-state index is 13.8. The zero-order valence-corrected chi connectivity index (χ0v) is 23.0. The number of rotatable bonds is 7. The third-order valence-corrected chi connectivity index (χ3v) is 10.0. The zero-order valence-electron chi connectivity index (χ0n) is 20.6. The molecule has 16 heteroatoms. The van der Waals surface area contributed by atoms with Crippen LogP contribution in [0.25, 0.3) is 11.0 Å². The van der Waals surface area contributed by atoms with Crippen LogP contribution >= 0.6 is 22.4 Å². The maximum atomic E-state index is 13.8. The number of hydrogen-bond donors (Lipinski definition) is 5. The lowest BCUT2D eigenvalue weighted by atomic mass is 10.0. The number of benzene rings is 3. The lowest BCUT2D eigenvalue weighted by molar-refractivity contribution is -0.137. The van der Waals surface area contributed by atoms with Gasteiger partial charge in [0.05, 0.1) is 39.0 Å². The summed E-state index contributed by atoms with van der Waals surface area (Å²) in [5.41, 5.74) is 0.280. The number of aromatic nitrogens is 2. The Bertz CT molecular complexity index is 1750. The Labute approximate surface area is 237 Å². The van der Waals surface area contributed by atoms with E-state index >= 15 is 0 Å². The van der Waals surface area contributed by atoms with Crippen molar-refractivity contribution in [2.75, 3.05) is 0 Å². The van der Waals surface area contributed by atoms with Crippen LogP contribution in [0, 0.1) is 5.82 Å². The molecule has 0 aliphatic carbocycles. The summed E-state index contributed by atoms with van der Waals surface area (Å²) in [7, 11) is -7.95. The fourth-order valence-corrected chi connectivity index (χ4v) is 7.41. The van der Waals surface area contributed by atoms with Crippen molar-refractivity contribution in [3.8, 4) is 0 Å².